The number of fused-ring (bicyclic) bond motifs is 1. The summed E-state index contributed by atoms with van der Waals surface area (Å²) in [5, 5.41) is 0.889. The van der Waals surface area contributed by atoms with E-state index in [0.29, 0.717) is 5.56 Å². The lowest BCUT2D eigenvalue weighted by Crippen LogP contribution is -2.45. The van der Waals surface area contributed by atoms with Crippen molar-refractivity contribution >= 4 is 16.8 Å². The molecular weight excluding hydrogens is 315 g/mol. The van der Waals surface area contributed by atoms with Gasteiger partial charge in [0, 0.05) is 17.6 Å². The van der Waals surface area contributed by atoms with Gasteiger partial charge in [-0.3, -0.25) is 9.78 Å². The van der Waals surface area contributed by atoms with Crippen LogP contribution in [0.1, 0.15) is 39.6 Å². The molecule has 4 heteroatoms. The van der Waals surface area contributed by atoms with Crippen LogP contribution in [0.5, 0.6) is 0 Å². The van der Waals surface area contributed by atoms with Crippen LogP contribution >= 0.6 is 0 Å². The standard InChI is InChI=1S/C21H19FN2O/c1-13-4-3-5-17-18(12-14(2)23-20(13)17)21(25)24-11-10-19(24)15-6-8-16(22)9-7-15/h3-9,12,19H,10-11H2,1-2H3/t19-/m0/s1. The maximum absolute atomic E-state index is 13.2. The maximum atomic E-state index is 13.2. The number of rotatable bonds is 2. The molecule has 3 nitrogen and oxygen atoms in total. The monoisotopic (exact) mass is 334 g/mol. The van der Waals surface area contributed by atoms with Gasteiger partial charge in [-0.25, -0.2) is 4.39 Å². The fraction of sp³-hybridized carbons (Fsp3) is 0.238. The second kappa shape index (κ2) is 5.96. The number of carbonyl (C=O) groups is 1. The summed E-state index contributed by atoms with van der Waals surface area (Å²) in [6.07, 6.45) is 0.901. The molecule has 0 aliphatic carbocycles. The summed E-state index contributed by atoms with van der Waals surface area (Å²) >= 11 is 0. The summed E-state index contributed by atoms with van der Waals surface area (Å²) in [5.41, 5.74) is 4.45. The van der Waals surface area contributed by atoms with Crippen LogP contribution in [0.4, 0.5) is 4.39 Å². The molecule has 126 valence electrons. The molecule has 2 heterocycles. The van der Waals surface area contributed by atoms with E-state index in [1.165, 1.54) is 12.1 Å². The molecule has 0 spiro atoms. The van der Waals surface area contributed by atoms with E-state index in [-0.39, 0.29) is 17.8 Å². The van der Waals surface area contributed by atoms with Gasteiger partial charge in [0.2, 0.25) is 0 Å². The number of aryl methyl sites for hydroxylation is 2. The van der Waals surface area contributed by atoms with Gasteiger partial charge >= 0.3 is 0 Å². The van der Waals surface area contributed by atoms with E-state index in [9.17, 15) is 9.18 Å². The molecule has 1 saturated heterocycles. The summed E-state index contributed by atoms with van der Waals surface area (Å²) in [7, 11) is 0. The predicted molar refractivity (Wildman–Crippen MR) is 96.0 cm³/mol. The van der Waals surface area contributed by atoms with Gasteiger partial charge in [0.25, 0.3) is 5.91 Å². The van der Waals surface area contributed by atoms with Crippen LogP contribution in [-0.4, -0.2) is 22.3 Å². The van der Waals surface area contributed by atoms with Crippen molar-refractivity contribution in [1.29, 1.82) is 0 Å². The predicted octanol–water partition coefficient (Wildman–Crippen LogP) is 4.58. The Morgan fingerprint density at radius 2 is 1.92 bits per heavy atom. The van der Waals surface area contributed by atoms with Gasteiger partial charge in [-0.2, -0.15) is 0 Å². The van der Waals surface area contributed by atoms with Crippen LogP contribution in [0.3, 0.4) is 0 Å². The number of halogens is 1. The fourth-order valence-corrected chi connectivity index (χ4v) is 3.51. The zero-order chi connectivity index (χ0) is 17.6. The first-order valence-corrected chi connectivity index (χ1v) is 8.48. The first-order valence-electron chi connectivity index (χ1n) is 8.48. The molecule has 25 heavy (non-hydrogen) atoms. The fourth-order valence-electron chi connectivity index (χ4n) is 3.51. The van der Waals surface area contributed by atoms with Crippen LogP contribution in [0.25, 0.3) is 10.9 Å². The van der Waals surface area contributed by atoms with E-state index in [0.717, 1.165) is 40.7 Å². The zero-order valence-electron chi connectivity index (χ0n) is 14.3. The largest absolute Gasteiger partial charge is 0.331 e. The minimum atomic E-state index is -0.257. The summed E-state index contributed by atoms with van der Waals surface area (Å²) < 4.78 is 13.2. The third kappa shape index (κ3) is 2.68. The molecule has 0 radical (unpaired) electrons. The molecule has 0 N–H and O–H groups in total. The van der Waals surface area contributed by atoms with Gasteiger partial charge in [0.05, 0.1) is 17.1 Å². The molecule has 1 aromatic heterocycles. The van der Waals surface area contributed by atoms with Crippen molar-refractivity contribution in [3.05, 3.63) is 76.7 Å². The van der Waals surface area contributed by atoms with Gasteiger partial charge < -0.3 is 4.90 Å². The summed E-state index contributed by atoms with van der Waals surface area (Å²) in [6, 6.07) is 14.2. The summed E-state index contributed by atoms with van der Waals surface area (Å²) in [6.45, 7) is 4.64. The molecule has 3 aromatic rings. The third-order valence-corrected chi connectivity index (χ3v) is 4.94. The molecule has 0 saturated carbocycles. The molecule has 1 fully saturated rings. The van der Waals surface area contributed by atoms with Crippen LogP contribution in [0.2, 0.25) is 0 Å². The van der Waals surface area contributed by atoms with Gasteiger partial charge in [-0.15, -0.1) is 0 Å². The topological polar surface area (TPSA) is 33.2 Å². The van der Waals surface area contributed by atoms with Crippen molar-refractivity contribution in [2.45, 2.75) is 26.3 Å². The lowest BCUT2D eigenvalue weighted by molar-refractivity contribution is 0.0462. The Morgan fingerprint density at radius 1 is 1.16 bits per heavy atom. The molecule has 0 unspecified atom stereocenters. The highest BCUT2D eigenvalue weighted by atomic mass is 19.1. The first kappa shape index (κ1) is 15.8. The molecule has 0 bridgehead atoms. The van der Waals surface area contributed by atoms with E-state index >= 15 is 0 Å². The van der Waals surface area contributed by atoms with Gasteiger partial charge in [0.1, 0.15) is 5.82 Å². The lowest BCUT2D eigenvalue weighted by Gasteiger charge is -2.41. The van der Waals surface area contributed by atoms with Crippen molar-refractivity contribution in [2.24, 2.45) is 0 Å². The Morgan fingerprint density at radius 3 is 2.60 bits per heavy atom. The number of amides is 1. The third-order valence-electron chi connectivity index (χ3n) is 4.94. The molecule has 4 rings (SSSR count). The molecule has 1 aliphatic rings. The zero-order valence-corrected chi connectivity index (χ0v) is 14.3. The van der Waals surface area contributed by atoms with E-state index in [1.54, 1.807) is 12.1 Å². The first-order chi connectivity index (χ1) is 12.0. The minimum absolute atomic E-state index is 0.0152. The molecule has 1 atom stereocenters. The van der Waals surface area contributed by atoms with Crippen molar-refractivity contribution in [3.8, 4) is 0 Å². The number of carbonyl (C=O) groups excluding carboxylic acids is 1. The highest BCUT2D eigenvalue weighted by Crippen LogP contribution is 2.35. The molecular formula is C21H19FN2O. The lowest BCUT2D eigenvalue weighted by atomic mass is 9.93. The number of hydrogen-bond acceptors (Lipinski definition) is 2. The Balaban J connectivity index is 1.73. The van der Waals surface area contributed by atoms with Gasteiger partial charge in [-0.05, 0) is 49.6 Å². The normalized spacial score (nSPS) is 16.8. The Hall–Kier alpha value is -2.75. The van der Waals surface area contributed by atoms with Crippen molar-refractivity contribution in [1.82, 2.24) is 9.88 Å². The van der Waals surface area contributed by atoms with Crippen molar-refractivity contribution < 1.29 is 9.18 Å². The highest BCUT2D eigenvalue weighted by Gasteiger charge is 2.34. The van der Waals surface area contributed by atoms with E-state index in [2.05, 4.69) is 4.98 Å². The number of likely N-dealkylation sites (tertiary alicyclic amines) is 1. The second-order valence-electron chi connectivity index (χ2n) is 6.64. The minimum Gasteiger partial charge on any atom is -0.331 e. The van der Waals surface area contributed by atoms with E-state index in [4.69, 9.17) is 0 Å². The Bertz CT molecular complexity index is 966. The number of benzene rings is 2. The average molecular weight is 334 g/mol. The maximum Gasteiger partial charge on any atom is 0.255 e. The molecule has 2 aromatic carbocycles. The van der Waals surface area contributed by atoms with E-state index in [1.807, 2.05) is 43.0 Å². The number of hydrogen-bond donors (Lipinski definition) is 0. The number of aromatic nitrogens is 1. The van der Waals surface area contributed by atoms with E-state index < -0.39 is 0 Å². The van der Waals surface area contributed by atoms with Gasteiger partial charge in [0.15, 0.2) is 0 Å². The Kier molecular flexibility index (Phi) is 3.75. The molecule has 1 aliphatic heterocycles. The number of para-hydroxylation sites is 1. The van der Waals surface area contributed by atoms with Crippen molar-refractivity contribution in [2.75, 3.05) is 6.54 Å². The van der Waals surface area contributed by atoms with Crippen molar-refractivity contribution in [3.63, 3.8) is 0 Å². The summed E-state index contributed by atoms with van der Waals surface area (Å²) in [5.74, 6) is -0.242. The highest BCUT2D eigenvalue weighted by molar-refractivity contribution is 6.07. The average Bonchev–Trinajstić information content (AvgIpc) is 2.56. The van der Waals surface area contributed by atoms with Crippen LogP contribution in [0, 0.1) is 19.7 Å². The molecule has 1 amide bonds. The van der Waals surface area contributed by atoms with Gasteiger partial charge in [-0.1, -0.05) is 30.3 Å². The van der Waals surface area contributed by atoms with Crippen LogP contribution < -0.4 is 0 Å². The Labute approximate surface area is 146 Å². The number of nitrogens with zero attached hydrogens (tertiary/aromatic N) is 2. The summed E-state index contributed by atoms with van der Waals surface area (Å²) in [4.78, 5) is 19.6. The second-order valence-corrected chi connectivity index (χ2v) is 6.64. The quantitative estimate of drug-likeness (QED) is 0.687. The smallest absolute Gasteiger partial charge is 0.255 e. The van der Waals surface area contributed by atoms with Crippen LogP contribution in [0.15, 0.2) is 48.5 Å². The van der Waals surface area contributed by atoms with Crippen LogP contribution in [-0.2, 0) is 0 Å². The SMILES string of the molecule is Cc1cc(C(=O)N2CC[C@H]2c2ccc(F)cc2)c2cccc(C)c2n1. The number of pyridine rings is 1.